The van der Waals surface area contributed by atoms with E-state index in [9.17, 15) is 19.2 Å². The molecule has 0 aromatic heterocycles. The van der Waals surface area contributed by atoms with Gasteiger partial charge in [0, 0.05) is 31.7 Å². The predicted molar refractivity (Wildman–Crippen MR) is 130 cm³/mol. The number of rotatable bonds is 10. The Morgan fingerprint density at radius 1 is 1.06 bits per heavy atom. The standard InChI is InChI=1S/C26H29N3O7/c1-34-21-4-2-3-19(15-21)23(30)17-36-26(33)18-5-7-20(8-6-18)29-24(31)16-22(25(29)32)27-9-10-28-11-13-35-14-12-28/h2-8,15,22,27H,9-14,16-17H2,1H3. The van der Waals surface area contributed by atoms with Gasteiger partial charge in [-0.15, -0.1) is 0 Å². The summed E-state index contributed by atoms with van der Waals surface area (Å²) in [5.74, 6) is -1.13. The van der Waals surface area contributed by atoms with Crippen molar-refractivity contribution in [3.63, 3.8) is 0 Å². The molecular formula is C26H29N3O7. The van der Waals surface area contributed by atoms with E-state index < -0.39 is 18.6 Å². The van der Waals surface area contributed by atoms with Crippen LogP contribution >= 0.6 is 0 Å². The van der Waals surface area contributed by atoms with E-state index in [1.54, 1.807) is 24.3 Å². The zero-order chi connectivity index (χ0) is 25.5. The van der Waals surface area contributed by atoms with Crippen LogP contribution in [-0.2, 0) is 19.1 Å². The lowest BCUT2D eigenvalue weighted by molar-refractivity contribution is -0.121. The fourth-order valence-electron chi connectivity index (χ4n) is 4.13. The summed E-state index contributed by atoms with van der Waals surface area (Å²) in [5, 5.41) is 3.18. The Bertz CT molecular complexity index is 1110. The number of benzene rings is 2. The number of morpholine rings is 1. The molecular weight excluding hydrogens is 466 g/mol. The summed E-state index contributed by atoms with van der Waals surface area (Å²) in [5.41, 5.74) is 0.958. The molecule has 2 aromatic rings. The summed E-state index contributed by atoms with van der Waals surface area (Å²) in [7, 11) is 1.50. The number of carbonyl (C=O) groups excluding carboxylic acids is 4. The number of anilines is 1. The Morgan fingerprint density at radius 3 is 2.53 bits per heavy atom. The van der Waals surface area contributed by atoms with Gasteiger partial charge in [0.15, 0.2) is 12.4 Å². The topological polar surface area (TPSA) is 114 Å². The van der Waals surface area contributed by atoms with Crippen molar-refractivity contribution in [2.75, 3.05) is 58.0 Å². The first-order chi connectivity index (χ1) is 17.5. The van der Waals surface area contributed by atoms with Crippen molar-refractivity contribution < 1.29 is 33.4 Å². The van der Waals surface area contributed by atoms with Gasteiger partial charge in [-0.25, -0.2) is 9.69 Å². The summed E-state index contributed by atoms with van der Waals surface area (Å²) in [6.07, 6.45) is 0.0815. The fraction of sp³-hybridized carbons (Fsp3) is 0.385. The summed E-state index contributed by atoms with van der Waals surface area (Å²) in [6.45, 7) is 4.07. The third-order valence-electron chi connectivity index (χ3n) is 6.16. The minimum Gasteiger partial charge on any atom is -0.497 e. The first-order valence-electron chi connectivity index (χ1n) is 11.8. The molecule has 2 heterocycles. The lowest BCUT2D eigenvalue weighted by atomic mass is 10.1. The number of amides is 2. The monoisotopic (exact) mass is 495 g/mol. The highest BCUT2D eigenvalue weighted by Gasteiger charge is 2.39. The molecule has 36 heavy (non-hydrogen) atoms. The lowest BCUT2D eigenvalue weighted by Gasteiger charge is -2.27. The van der Waals surface area contributed by atoms with Crippen molar-refractivity contribution in [3.8, 4) is 5.75 Å². The van der Waals surface area contributed by atoms with Crippen LogP contribution in [0.5, 0.6) is 5.75 Å². The van der Waals surface area contributed by atoms with E-state index in [1.807, 2.05) is 0 Å². The third-order valence-corrected chi connectivity index (χ3v) is 6.16. The molecule has 0 spiro atoms. The quantitative estimate of drug-likeness (QED) is 0.296. The van der Waals surface area contributed by atoms with Crippen LogP contribution in [0.25, 0.3) is 0 Å². The first-order valence-corrected chi connectivity index (χ1v) is 11.8. The zero-order valence-corrected chi connectivity index (χ0v) is 20.1. The van der Waals surface area contributed by atoms with Crippen LogP contribution in [0.1, 0.15) is 27.1 Å². The number of esters is 1. The molecule has 0 aliphatic carbocycles. The van der Waals surface area contributed by atoms with E-state index in [-0.39, 0.29) is 29.6 Å². The largest absolute Gasteiger partial charge is 0.497 e. The molecule has 2 aliphatic rings. The van der Waals surface area contributed by atoms with Crippen LogP contribution in [0, 0.1) is 0 Å². The van der Waals surface area contributed by atoms with Crippen molar-refractivity contribution in [3.05, 3.63) is 59.7 Å². The third kappa shape index (κ3) is 6.14. The van der Waals surface area contributed by atoms with E-state index in [0.717, 1.165) is 24.5 Å². The van der Waals surface area contributed by atoms with Gasteiger partial charge in [-0.1, -0.05) is 12.1 Å². The van der Waals surface area contributed by atoms with E-state index in [2.05, 4.69) is 10.2 Å². The molecule has 2 saturated heterocycles. The summed E-state index contributed by atoms with van der Waals surface area (Å²) >= 11 is 0. The average molecular weight is 496 g/mol. The van der Waals surface area contributed by atoms with Crippen molar-refractivity contribution >= 4 is 29.3 Å². The molecule has 2 aromatic carbocycles. The van der Waals surface area contributed by atoms with Gasteiger partial charge in [0.05, 0.1) is 44.0 Å². The van der Waals surface area contributed by atoms with E-state index >= 15 is 0 Å². The van der Waals surface area contributed by atoms with Crippen molar-refractivity contribution in [1.29, 1.82) is 0 Å². The maximum Gasteiger partial charge on any atom is 0.338 e. The number of hydrogen-bond donors (Lipinski definition) is 1. The summed E-state index contributed by atoms with van der Waals surface area (Å²) < 4.78 is 15.6. The van der Waals surface area contributed by atoms with Gasteiger partial charge in [0.25, 0.3) is 5.91 Å². The molecule has 1 atom stereocenters. The van der Waals surface area contributed by atoms with Crippen LogP contribution in [0.2, 0.25) is 0 Å². The van der Waals surface area contributed by atoms with Crippen LogP contribution in [0.4, 0.5) is 5.69 Å². The van der Waals surface area contributed by atoms with Crippen molar-refractivity contribution in [1.82, 2.24) is 10.2 Å². The Hall–Kier alpha value is -3.60. The fourth-order valence-corrected chi connectivity index (χ4v) is 4.13. The molecule has 2 aliphatic heterocycles. The number of methoxy groups -OCH3 is 1. The van der Waals surface area contributed by atoms with Crippen LogP contribution < -0.4 is 15.0 Å². The molecule has 2 fully saturated rings. The Kier molecular flexibility index (Phi) is 8.42. The predicted octanol–water partition coefficient (Wildman–Crippen LogP) is 1.29. The average Bonchev–Trinajstić information content (AvgIpc) is 3.20. The molecule has 4 rings (SSSR count). The Balaban J connectivity index is 1.29. The van der Waals surface area contributed by atoms with Crippen molar-refractivity contribution in [2.24, 2.45) is 0 Å². The summed E-state index contributed by atoms with van der Waals surface area (Å²) in [6, 6.07) is 12.0. The molecule has 1 N–H and O–H groups in total. The second-order valence-corrected chi connectivity index (χ2v) is 8.51. The number of nitrogens with zero attached hydrogens (tertiary/aromatic N) is 2. The molecule has 0 bridgehead atoms. The number of carbonyl (C=O) groups is 4. The maximum atomic E-state index is 12.8. The molecule has 190 valence electrons. The van der Waals surface area contributed by atoms with Gasteiger partial charge in [-0.05, 0) is 36.4 Å². The normalized spacial score (nSPS) is 18.4. The van der Waals surface area contributed by atoms with Crippen LogP contribution in [-0.4, -0.2) is 87.6 Å². The van der Waals surface area contributed by atoms with Crippen molar-refractivity contribution in [2.45, 2.75) is 12.5 Å². The SMILES string of the molecule is COc1cccc(C(=O)COC(=O)c2ccc(N3C(=O)CC(NCCN4CCOCC4)C3=O)cc2)c1. The van der Waals surface area contributed by atoms with E-state index in [0.29, 0.717) is 36.8 Å². The highest BCUT2D eigenvalue weighted by atomic mass is 16.5. The Labute approximate surface area is 209 Å². The van der Waals surface area contributed by atoms with Gasteiger partial charge in [0.1, 0.15) is 5.75 Å². The number of imide groups is 1. The molecule has 10 heteroatoms. The molecule has 0 saturated carbocycles. The van der Waals surface area contributed by atoms with E-state index in [4.69, 9.17) is 14.2 Å². The molecule has 1 unspecified atom stereocenters. The number of ether oxygens (including phenoxy) is 3. The Morgan fingerprint density at radius 2 is 1.81 bits per heavy atom. The molecule has 2 amide bonds. The van der Waals surface area contributed by atoms with Gasteiger partial charge >= 0.3 is 5.97 Å². The van der Waals surface area contributed by atoms with Gasteiger partial charge in [0.2, 0.25) is 5.91 Å². The first kappa shape index (κ1) is 25.5. The minimum atomic E-state index is -0.681. The summed E-state index contributed by atoms with van der Waals surface area (Å²) in [4.78, 5) is 53.5. The zero-order valence-electron chi connectivity index (χ0n) is 20.1. The lowest BCUT2D eigenvalue weighted by Crippen LogP contribution is -2.44. The smallest absolute Gasteiger partial charge is 0.338 e. The highest BCUT2D eigenvalue weighted by Crippen LogP contribution is 2.23. The maximum absolute atomic E-state index is 12.8. The second kappa shape index (κ2) is 11.9. The molecule has 0 radical (unpaired) electrons. The van der Waals surface area contributed by atoms with Crippen LogP contribution in [0.3, 0.4) is 0 Å². The van der Waals surface area contributed by atoms with E-state index in [1.165, 1.54) is 31.4 Å². The highest BCUT2D eigenvalue weighted by molar-refractivity contribution is 6.22. The van der Waals surface area contributed by atoms with Gasteiger partial charge in [-0.2, -0.15) is 0 Å². The number of hydrogen-bond acceptors (Lipinski definition) is 9. The number of nitrogens with one attached hydrogen (secondary N) is 1. The minimum absolute atomic E-state index is 0.0815. The molecule has 10 nitrogen and oxygen atoms in total. The number of Topliss-reactive ketones (excluding diaryl/α,β-unsaturated/α-hetero) is 1. The number of ketones is 1. The second-order valence-electron chi connectivity index (χ2n) is 8.51. The van der Waals surface area contributed by atoms with Crippen LogP contribution in [0.15, 0.2) is 48.5 Å². The van der Waals surface area contributed by atoms with Gasteiger partial charge in [-0.3, -0.25) is 19.3 Å². The van der Waals surface area contributed by atoms with Gasteiger partial charge < -0.3 is 19.5 Å².